The third kappa shape index (κ3) is 4.32. The average molecular weight is 396 g/mol. The van der Waals surface area contributed by atoms with E-state index in [1.807, 2.05) is 24.3 Å². The predicted molar refractivity (Wildman–Crippen MR) is 104 cm³/mol. The van der Waals surface area contributed by atoms with Gasteiger partial charge >= 0.3 is 5.13 Å². The van der Waals surface area contributed by atoms with Crippen LogP contribution in [0.4, 0.5) is 15.2 Å². The quantitative estimate of drug-likeness (QED) is 0.484. The van der Waals surface area contributed by atoms with Crippen LogP contribution in [-0.4, -0.2) is 0 Å². The summed E-state index contributed by atoms with van der Waals surface area (Å²) < 4.78 is 15.6. The third-order valence-electron chi connectivity index (χ3n) is 3.68. The summed E-state index contributed by atoms with van der Waals surface area (Å²) in [5.74, 6) is 0.0540. The summed E-state index contributed by atoms with van der Waals surface area (Å²) in [6.07, 6.45) is 0. The maximum atomic E-state index is 13.4. The van der Waals surface area contributed by atoms with Crippen molar-refractivity contribution in [3.63, 3.8) is 0 Å². The van der Waals surface area contributed by atoms with E-state index in [0.29, 0.717) is 10.9 Å². The van der Waals surface area contributed by atoms with Crippen LogP contribution in [0.1, 0.15) is 13.8 Å². The SMILES string of the molecule is CC(C)C[n+]1c(-c2ccc(Cl)cc2)csc1Nc1ccc(F)c(Cl)c1. The fraction of sp³-hybridized carbons (Fsp3) is 0.211. The zero-order valence-electron chi connectivity index (χ0n) is 13.9. The fourth-order valence-electron chi connectivity index (χ4n) is 2.53. The molecule has 0 amide bonds. The van der Waals surface area contributed by atoms with Gasteiger partial charge in [0.1, 0.15) is 17.2 Å². The molecule has 25 heavy (non-hydrogen) atoms. The second kappa shape index (κ2) is 7.73. The van der Waals surface area contributed by atoms with Crippen molar-refractivity contribution in [2.24, 2.45) is 5.92 Å². The molecule has 1 aromatic heterocycles. The number of hydrogen-bond donors (Lipinski definition) is 1. The minimum atomic E-state index is -0.421. The first-order valence-electron chi connectivity index (χ1n) is 7.93. The summed E-state index contributed by atoms with van der Waals surface area (Å²) >= 11 is 13.5. The highest BCUT2D eigenvalue weighted by molar-refractivity contribution is 7.13. The molecule has 0 atom stereocenters. The molecule has 3 aromatic rings. The first-order chi connectivity index (χ1) is 11.9. The Morgan fingerprint density at radius 3 is 2.48 bits per heavy atom. The van der Waals surface area contributed by atoms with Gasteiger partial charge in [-0.2, -0.15) is 0 Å². The lowest BCUT2D eigenvalue weighted by molar-refractivity contribution is -0.673. The number of nitrogens with one attached hydrogen (secondary N) is 1. The van der Waals surface area contributed by atoms with Gasteiger partial charge < -0.3 is 0 Å². The molecule has 0 bridgehead atoms. The molecule has 0 aliphatic rings. The van der Waals surface area contributed by atoms with Crippen molar-refractivity contribution < 1.29 is 8.96 Å². The number of benzene rings is 2. The predicted octanol–water partition coefficient (Wildman–Crippen LogP) is 6.55. The van der Waals surface area contributed by atoms with Gasteiger partial charge in [0.05, 0.1) is 11.6 Å². The second-order valence-electron chi connectivity index (χ2n) is 6.19. The normalized spacial score (nSPS) is 11.1. The van der Waals surface area contributed by atoms with E-state index in [9.17, 15) is 4.39 Å². The largest absolute Gasteiger partial charge is 0.339 e. The van der Waals surface area contributed by atoms with Gasteiger partial charge in [-0.05, 0) is 42.3 Å². The molecule has 2 aromatic carbocycles. The summed E-state index contributed by atoms with van der Waals surface area (Å²) in [6.45, 7) is 5.21. The summed E-state index contributed by atoms with van der Waals surface area (Å²) in [7, 11) is 0. The minimum Gasteiger partial charge on any atom is -0.231 e. The molecule has 130 valence electrons. The molecule has 0 saturated heterocycles. The topological polar surface area (TPSA) is 15.9 Å². The summed E-state index contributed by atoms with van der Waals surface area (Å²) in [6, 6.07) is 12.5. The Bertz CT molecular complexity index is 876. The monoisotopic (exact) mass is 395 g/mol. The van der Waals surface area contributed by atoms with E-state index >= 15 is 0 Å². The first-order valence-corrected chi connectivity index (χ1v) is 9.57. The van der Waals surface area contributed by atoms with Gasteiger partial charge in [-0.15, -0.1) is 0 Å². The van der Waals surface area contributed by atoms with Gasteiger partial charge in [0.2, 0.25) is 0 Å². The molecular weight excluding hydrogens is 378 g/mol. The Balaban J connectivity index is 1.98. The van der Waals surface area contributed by atoms with Gasteiger partial charge in [-0.3, -0.25) is 0 Å². The highest BCUT2D eigenvalue weighted by Crippen LogP contribution is 2.28. The van der Waals surface area contributed by atoms with Gasteiger partial charge in [-0.25, -0.2) is 14.3 Å². The standard InChI is InChI=1S/C19H17Cl2FN2S/c1-12(2)10-24-18(13-3-5-14(20)6-4-13)11-25-19(24)23-15-7-8-17(22)16(21)9-15/h3-9,11-12H,10H2,1-2H3/p+1. The highest BCUT2D eigenvalue weighted by atomic mass is 35.5. The maximum absolute atomic E-state index is 13.4. The molecule has 0 fully saturated rings. The van der Waals surface area contributed by atoms with Gasteiger partial charge in [-0.1, -0.05) is 48.4 Å². The molecule has 0 aliphatic heterocycles. The summed E-state index contributed by atoms with van der Waals surface area (Å²) in [4.78, 5) is 0. The van der Waals surface area contributed by atoms with Crippen LogP contribution in [0.25, 0.3) is 11.3 Å². The number of rotatable bonds is 5. The van der Waals surface area contributed by atoms with Gasteiger partial charge in [0, 0.05) is 22.0 Å². The number of aromatic nitrogens is 1. The molecule has 0 unspecified atom stereocenters. The highest BCUT2D eigenvalue weighted by Gasteiger charge is 2.21. The number of nitrogens with zero attached hydrogens (tertiary/aromatic N) is 1. The average Bonchev–Trinajstić information content (AvgIpc) is 2.94. The second-order valence-corrected chi connectivity index (χ2v) is 7.89. The summed E-state index contributed by atoms with van der Waals surface area (Å²) in [5, 5.41) is 7.26. The van der Waals surface area contributed by atoms with Crippen molar-refractivity contribution in [1.29, 1.82) is 0 Å². The molecule has 1 heterocycles. The van der Waals surface area contributed by atoms with E-state index in [0.717, 1.165) is 28.6 Å². The van der Waals surface area contributed by atoms with Crippen LogP contribution in [0.15, 0.2) is 47.8 Å². The molecule has 0 aliphatic carbocycles. The molecule has 0 saturated carbocycles. The van der Waals surface area contributed by atoms with E-state index in [1.165, 1.54) is 6.07 Å². The third-order valence-corrected chi connectivity index (χ3v) is 5.11. The minimum absolute atomic E-state index is 0.106. The van der Waals surface area contributed by atoms with Crippen molar-refractivity contribution >= 4 is 45.4 Å². The van der Waals surface area contributed by atoms with Crippen LogP contribution in [0.3, 0.4) is 0 Å². The van der Waals surface area contributed by atoms with E-state index < -0.39 is 5.82 Å². The molecule has 2 nitrogen and oxygen atoms in total. The molecule has 0 radical (unpaired) electrons. The van der Waals surface area contributed by atoms with Crippen LogP contribution in [0, 0.1) is 11.7 Å². The molecule has 3 rings (SSSR count). The van der Waals surface area contributed by atoms with Gasteiger partial charge in [0.25, 0.3) is 0 Å². The van der Waals surface area contributed by atoms with Crippen LogP contribution >= 0.6 is 34.5 Å². The van der Waals surface area contributed by atoms with E-state index in [2.05, 4.69) is 29.1 Å². The smallest absolute Gasteiger partial charge is 0.231 e. The first kappa shape index (κ1) is 18.2. The lowest BCUT2D eigenvalue weighted by atomic mass is 10.1. The lowest BCUT2D eigenvalue weighted by Crippen LogP contribution is -2.38. The van der Waals surface area contributed by atoms with Gasteiger partial charge in [0.15, 0.2) is 0 Å². The van der Waals surface area contributed by atoms with E-state index in [1.54, 1.807) is 23.5 Å². The van der Waals surface area contributed by atoms with Crippen LogP contribution in [0.2, 0.25) is 10.0 Å². The maximum Gasteiger partial charge on any atom is 0.339 e. The summed E-state index contributed by atoms with van der Waals surface area (Å²) in [5.41, 5.74) is 2.98. The number of thiazole rings is 1. The number of anilines is 2. The Morgan fingerprint density at radius 2 is 1.84 bits per heavy atom. The van der Waals surface area contributed by atoms with Crippen LogP contribution in [0.5, 0.6) is 0 Å². The van der Waals surface area contributed by atoms with E-state index in [4.69, 9.17) is 23.2 Å². The number of halogens is 3. The van der Waals surface area contributed by atoms with Crippen molar-refractivity contribution in [2.75, 3.05) is 5.32 Å². The van der Waals surface area contributed by atoms with Crippen molar-refractivity contribution in [3.8, 4) is 11.3 Å². The zero-order chi connectivity index (χ0) is 18.0. The van der Waals surface area contributed by atoms with Crippen molar-refractivity contribution in [3.05, 3.63) is 63.7 Å². The van der Waals surface area contributed by atoms with Crippen molar-refractivity contribution in [2.45, 2.75) is 20.4 Å². The molecule has 1 N–H and O–H groups in total. The Morgan fingerprint density at radius 1 is 1.12 bits per heavy atom. The Kier molecular flexibility index (Phi) is 5.62. The molecule has 6 heteroatoms. The Labute approximate surface area is 160 Å². The molecular formula is C19H18Cl2FN2S+. The number of hydrogen-bond acceptors (Lipinski definition) is 2. The Hall–Kier alpha value is -1.62. The zero-order valence-corrected chi connectivity index (χ0v) is 16.2. The fourth-order valence-corrected chi connectivity index (χ4v) is 3.80. The van der Waals surface area contributed by atoms with Crippen LogP contribution in [-0.2, 0) is 6.54 Å². The van der Waals surface area contributed by atoms with E-state index in [-0.39, 0.29) is 5.02 Å². The lowest BCUT2D eigenvalue weighted by Gasteiger charge is -2.09. The van der Waals surface area contributed by atoms with Crippen molar-refractivity contribution in [1.82, 2.24) is 0 Å². The molecule has 0 spiro atoms. The van der Waals surface area contributed by atoms with Crippen LogP contribution < -0.4 is 9.88 Å².